The van der Waals surface area contributed by atoms with Gasteiger partial charge in [0.05, 0.1) is 15.9 Å². The SMILES string of the molecule is Cc1[nH]c2ccc(N(C=O)c3ccccc3)cc2c1C1=CCN2CCCC2C1.O=C(O)c1ccc([N+](=O)[O-])cc1[N+](=O)[O-]. The number of nitrogens with one attached hydrogen (secondary N) is 1. The van der Waals surface area contributed by atoms with Gasteiger partial charge in [-0.1, -0.05) is 24.3 Å². The van der Waals surface area contributed by atoms with E-state index in [2.05, 4.69) is 35.0 Å². The van der Waals surface area contributed by atoms with Crippen molar-refractivity contribution in [2.24, 2.45) is 0 Å². The normalized spacial score (nSPS) is 16.0. The molecule has 0 radical (unpaired) electrons. The van der Waals surface area contributed by atoms with Crippen LogP contribution in [0.4, 0.5) is 22.7 Å². The van der Waals surface area contributed by atoms with Gasteiger partial charge in [0.25, 0.3) is 11.4 Å². The van der Waals surface area contributed by atoms with Crippen LogP contribution >= 0.6 is 0 Å². The molecule has 1 aromatic heterocycles. The highest BCUT2D eigenvalue weighted by Crippen LogP contribution is 2.38. The molecule has 0 aliphatic carbocycles. The maximum absolute atomic E-state index is 11.9. The number of benzene rings is 3. The van der Waals surface area contributed by atoms with Crippen molar-refractivity contribution in [2.45, 2.75) is 32.2 Å². The van der Waals surface area contributed by atoms with E-state index in [1.807, 2.05) is 36.4 Å². The molecule has 6 rings (SSSR count). The molecule has 2 aliphatic heterocycles. The van der Waals surface area contributed by atoms with Gasteiger partial charge in [-0.2, -0.15) is 0 Å². The zero-order valence-electron chi connectivity index (χ0n) is 23.3. The van der Waals surface area contributed by atoms with E-state index in [-0.39, 0.29) is 0 Å². The minimum Gasteiger partial charge on any atom is -0.477 e. The zero-order chi connectivity index (χ0) is 30.7. The minimum absolute atomic E-state index is 0.522. The first-order chi connectivity index (χ1) is 20.7. The predicted octanol–water partition coefficient (Wildman–Crippen LogP) is 6.22. The van der Waals surface area contributed by atoms with E-state index in [0.29, 0.717) is 12.1 Å². The summed E-state index contributed by atoms with van der Waals surface area (Å²) < 4.78 is 0. The van der Waals surface area contributed by atoms with Gasteiger partial charge in [0.2, 0.25) is 6.41 Å². The number of fused-ring (bicyclic) bond motifs is 2. The molecule has 1 unspecified atom stereocenters. The molecule has 0 spiro atoms. The predicted molar refractivity (Wildman–Crippen MR) is 162 cm³/mol. The Morgan fingerprint density at radius 1 is 1.05 bits per heavy atom. The molecule has 1 amide bonds. The molecule has 1 atom stereocenters. The van der Waals surface area contributed by atoms with Gasteiger partial charge in [-0.3, -0.25) is 34.8 Å². The van der Waals surface area contributed by atoms with Gasteiger partial charge >= 0.3 is 5.97 Å². The Morgan fingerprint density at radius 2 is 1.81 bits per heavy atom. The third-order valence-corrected chi connectivity index (χ3v) is 7.85. The zero-order valence-corrected chi connectivity index (χ0v) is 23.3. The molecular weight excluding hydrogens is 554 g/mol. The van der Waals surface area contributed by atoms with Crippen LogP contribution in [0.1, 0.15) is 40.9 Å². The maximum atomic E-state index is 11.9. The number of nitro groups is 2. The van der Waals surface area contributed by atoms with Gasteiger partial charge in [0, 0.05) is 52.2 Å². The van der Waals surface area contributed by atoms with Crippen LogP contribution in [0, 0.1) is 27.2 Å². The van der Waals surface area contributed by atoms with Crippen molar-refractivity contribution in [1.29, 1.82) is 0 Å². The lowest BCUT2D eigenvalue weighted by molar-refractivity contribution is -0.394. The number of non-ortho nitro benzene ring substituents is 1. The number of hydrogen-bond acceptors (Lipinski definition) is 7. The minimum atomic E-state index is -1.50. The summed E-state index contributed by atoms with van der Waals surface area (Å²) in [6.07, 6.45) is 7.03. The summed E-state index contributed by atoms with van der Waals surface area (Å²) in [6.45, 7) is 4.44. The molecule has 3 heterocycles. The molecule has 1 saturated heterocycles. The fraction of sp³-hybridized carbons (Fsp3) is 0.226. The average Bonchev–Trinajstić information content (AvgIpc) is 3.60. The van der Waals surface area contributed by atoms with Crippen molar-refractivity contribution in [2.75, 3.05) is 18.0 Å². The molecule has 2 aliphatic rings. The quantitative estimate of drug-likeness (QED) is 0.147. The molecular formula is C31H29N5O7. The van der Waals surface area contributed by atoms with E-state index in [1.54, 1.807) is 4.90 Å². The number of aromatic carboxylic acids is 1. The molecule has 0 bridgehead atoms. The number of carboxylic acid groups (broad SMARTS) is 1. The van der Waals surface area contributed by atoms with E-state index in [1.165, 1.54) is 41.6 Å². The number of aromatic nitrogens is 1. The van der Waals surface area contributed by atoms with Crippen LogP contribution in [0.15, 0.2) is 72.8 Å². The van der Waals surface area contributed by atoms with Crippen LogP contribution in [0.2, 0.25) is 0 Å². The molecule has 3 aromatic carbocycles. The second kappa shape index (κ2) is 12.2. The summed E-state index contributed by atoms with van der Waals surface area (Å²) in [6, 6.07) is 19.1. The lowest BCUT2D eigenvalue weighted by Crippen LogP contribution is -2.32. The van der Waals surface area contributed by atoms with Crippen LogP contribution in [0.5, 0.6) is 0 Å². The van der Waals surface area contributed by atoms with Gasteiger partial charge in [-0.25, -0.2) is 4.79 Å². The van der Waals surface area contributed by atoms with Crippen molar-refractivity contribution in [3.8, 4) is 0 Å². The summed E-state index contributed by atoms with van der Waals surface area (Å²) in [5.74, 6) is -1.50. The lowest BCUT2D eigenvalue weighted by Gasteiger charge is -2.29. The van der Waals surface area contributed by atoms with Crippen LogP contribution in [-0.2, 0) is 4.79 Å². The van der Waals surface area contributed by atoms with Crippen molar-refractivity contribution < 1.29 is 24.5 Å². The fourth-order valence-electron chi connectivity index (χ4n) is 5.84. The summed E-state index contributed by atoms with van der Waals surface area (Å²) in [5, 5.41) is 30.5. The highest BCUT2D eigenvalue weighted by molar-refractivity contribution is 5.99. The first kappa shape index (κ1) is 29.1. The first-order valence-corrected chi connectivity index (χ1v) is 13.7. The Kier molecular flexibility index (Phi) is 8.30. The number of H-pyrrole nitrogens is 1. The third kappa shape index (κ3) is 5.99. The van der Waals surface area contributed by atoms with E-state index < -0.39 is 32.8 Å². The number of anilines is 2. The van der Waals surface area contributed by atoms with Gasteiger partial charge < -0.3 is 10.1 Å². The number of nitro benzene ring substituents is 2. The van der Waals surface area contributed by atoms with Crippen LogP contribution in [0.25, 0.3) is 16.5 Å². The largest absolute Gasteiger partial charge is 0.477 e. The Bertz CT molecular complexity index is 1750. The Labute approximate surface area is 246 Å². The first-order valence-electron chi connectivity index (χ1n) is 13.7. The van der Waals surface area contributed by atoms with E-state index in [4.69, 9.17) is 5.11 Å². The number of aromatic amines is 1. The summed E-state index contributed by atoms with van der Waals surface area (Å²) in [7, 11) is 0. The van der Waals surface area contributed by atoms with E-state index in [0.717, 1.165) is 48.4 Å². The van der Waals surface area contributed by atoms with Crippen LogP contribution in [0.3, 0.4) is 0 Å². The number of carbonyl (C=O) groups excluding carboxylic acids is 1. The molecule has 220 valence electrons. The number of para-hydroxylation sites is 1. The molecule has 1 fully saturated rings. The number of amides is 1. The fourth-order valence-corrected chi connectivity index (χ4v) is 5.84. The Hall–Kier alpha value is -5.36. The molecule has 43 heavy (non-hydrogen) atoms. The molecule has 0 saturated carbocycles. The molecule has 4 aromatic rings. The summed E-state index contributed by atoms with van der Waals surface area (Å²) >= 11 is 0. The molecule has 12 heteroatoms. The van der Waals surface area contributed by atoms with Crippen molar-refractivity contribution >= 4 is 51.6 Å². The Morgan fingerprint density at radius 3 is 2.49 bits per heavy atom. The van der Waals surface area contributed by atoms with Gasteiger partial charge in [-0.05, 0) is 74.7 Å². The third-order valence-electron chi connectivity index (χ3n) is 7.85. The second-order valence-electron chi connectivity index (χ2n) is 10.4. The Balaban J connectivity index is 0.000000209. The molecule has 12 nitrogen and oxygen atoms in total. The van der Waals surface area contributed by atoms with Crippen LogP contribution < -0.4 is 4.90 Å². The highest BCUT2D eigenvalue weighted by atomic mass is 16.6. The van der Waals surface area contributed by atoms with Crippen molar-refractivity contribution in [3.05, 3.63) is 110 Å². The number of nitrogens with zero attached hydrogens (tertiary/aromatic N) is 4. The number of rotatable bonds is 7. The second-order valence-corrected chi connectivity index (χ2v) is 10.4. The van der Waals surface area contributed by atoms with Crippen molar-refractivity contribution in [1.82, 2.24) is 9.88 Å². The highest BCUT2D eigenvalue weighted by Gasteiger charge is 2.29. The van der Waals surface area contributed by atoms with Gasteiger partial charge in [-0.15, -0.1) is 0 Å². The standard InChI is InChI=1S/C24H25N3O.C7H4N2O6/c1-17-24(18-11-13-26-12-5-8-20(26)14-18)22-15-21(9-10-23(22)25-17)27(16-28)19-6-3-2-4-7-19;10-7(11)5-2-1-4(8(12)13)3-6(5)9(14)15/h2-4,6-7,9-11,15-16,20,25H,5,8,12-14H2,1H3;1-3H,(H,10,11). The van der Waals surface area contributed by atoms with E-state index in [9.17, 15) is 29.8 Å². The van der Waals surface area contributed by atoms with Gasteiger partial charge in [0.1, 0.15) is 5.56 Å². The smallest absolute Gasteiger partial charge is 0.342 e. The number of carboxylic acids is 1. The van der Waals surface area contributed by atoms with E-state index >= 15 is 0 Å². The van der Waals surface area contributed by atoms with Crippen LogP contribution in [-0.4, -0.2) is 56.3 Å². The topological polar surface area (TPSA) is 163 Å². The number of hydrogen-bond donors (Lipinski definition) is 2. The lowest BCUT2D eigenvalue weighted by atomic mass is 9.92. The number of aryl methyl sites for hydroxylation is 1. The van der Waals surface area contributed by atoms with Crippen molar-refractivity contribution in [3.63, 3.8) is 0 Å². The maximum Gasteiger partial charge on any atom is 0.342 e. The number of carbonyl (C=O) groups is 2. The summed E-state index contributed by atoms with van der Waals surface area (Å²) in [4.78, 5) is 49.2. The molecule has 2 N–H and O–H groups in total. The van der Waals surface area contributed by atoms with Gasteiger partial charge in [0.15, 0.2) is 0 Å². The average molecular weight is 584 g/mol. The summed E-state index contributed by atoms with van der Waals surface area (Å²) in [5.41, 5.74) is 4.99. The monoisotopic (exact) mass is 583 g/mol.